The second kappa shape index (κ2) is 5.26. The van der Waals surface area contributed by atoms with Gasteiger partial charge in [0, 0.05) is 17.9 Å². The molecule has 0 saturated heterocycles. The lowest BCUT2D eigenvalue weighted by molar-refractivity contribution is 0.0205. The predicted octanol–water partition coefficient (Wildman–Crippen LogP) is 4.22. The molecular weight excluding hydrogens is 212 g/mol. The van der Waals surface area contributed by atoms with Crippen LogP contribution in [0.4, 0.5) is 0 Å². The molecule has 0 aromatic carbocycles. The first-order valence-electron chi connectivity index (χ1n) is 6.75. The molecule has 1 aliphatic carbocycles. The molecule has 2 nitrogen and oxygen atoms in total. The van der Waals surface area contributed by atoms with Crippen LogP contribution in [0.2, 0.25) is 0 Å². The van der Waals surface area contributed by atoms with Crippen LogP contribution in [-0.2, 0) is 12.0 Å². The molecule has 0 radical (unpaired) electrons. The maximum Gasteiger partial charge on any atom is 0.110 e. The highest BCUT2D eigenvalue weighted by Gasteiger charge is 2.36. The molecule has 0 fully saturated rings. The molecule has 0 spiro atoms. The van der Waals surface area contributed by atoms with E-state index >= 15 is 0 Å². The van der Waals surface area contributed by atoms with E-state index in [1.165, 1.54) is 0 Å². The Bertz CT molecular complexity index is 361. The highest BCUT2D eigenvalue weighted by atomic mass is 16.3. The Morgan fingerprint density at radius 2 is 2.00 bits per heavy atom. The minimum atomic E-state index is -0.705. The summed E-state index contributed by atoms with van der Waals surface area (Å²) < 4.78 is 5.81. The van der Waals surface area contributed by atoms with Crippen molar-refractivity contribution in [3.05, 3.63) is 23.2 Å². The largest absolute Gasteiger partial charge is 0.465 e. The van der Waals surface area contributed by atoms with E-state index in [9.17, 15) is 5.11 Å². The van der Waals surface area contributed by atoms with Crippen molar-refractivity contribution >= 4 is 0 Å². The second-order valence-electron chi connectivity index (χ2n) is 5.43. The maximum absolute atomic E-state index is 10.3. The van der Waals surface area contributed by atoms with Crippen LogP contribution in [0.15, 0.2) is 10.5 Å². The molecule has 2 heteroatoms. The lowest BCUT2D eigenvalue weighted by Gasteiger charge is -2.31. The summed E-state index contributed by atoms with van der Waals surface area (Å²) in [6.07, 6.45) is 1.79. The molecule has 0 aliphatic heterocycles. The zero-order chi connectivity index (χ0) is 13.2. The molecule has 17 heavy (non-hydrogen) atoms. The van der Waals surface area contributed by atoms with Gasteiger partial charge in [0.15, 0.2) is 0 Å². The van der Waals surface area contributed by atoms with Crippen molar-refractivity contribution in [3.63, 3.8) is 0 Å². The fourth-order valence-electron chi connectivity index (χ4n) is 2.52. The molecule has 0 saturated carbocycles. The number of fused-ring (bicyclic) bond motifs is 1. The normalized spacial score (nSPS) is 27.4. The van der Waals surface area contributed by atoms with Gasteiger partial charge in [-0.2, -0.15) is 0 Å². The average Bonchev–Trinajstić information content (AvgIpc) is 2.64. The van der Waals surface area contributed by atoms with Crippen molar-refractivity contribution < 1.29 is 9.52 Å². The molecular formula is C15H26O2. The summed E-state index contributed by atoms with van der Waals surface area (Å²) in [4.78, 5) is 0. The molecule has 0 amide bonds. The van der Waals surface area contributed by atoms with E-state index in [0.29, 0.717) is 11.8 Å². The minimum absolute atomic E-state index is 0.390. The molecule has 0 bridgehead atoms. The fourth-order valence-corrected chi connectivity index (χ4v) is 2.52. The lowest BCUT2D eigenvalue weighted by Crippen LogP contribution is -2.29. The van der Waals surface area contributed by atoms with Crippen LogP contribution in [0.1, 0.15) is 71.0 Å². The van der Waals surface area contributed by atoms with Gasteiger partial charge in [-0.15, -0.1) is 0 Å². The van der Waals surface area contributed by atoms with Crippen molar-refractivity contribution in [1.82, 2.24) is 0 Å². The van der Waals surface area contributed by atoms with Gasteiger partial charge in [-0.3, -0.25) is 0 Å². The van der Waals surface area contributed by atoms with Gasteiger partial charge in [0.2, 0.25) is 0 Å². The Balaban J connectivity index is 0.000000686. The monoisotopic (exact) mass is 238 g/mol. The molecule has 1 heterocycles. The Labute approximate surface area is 105 Å². The van der Waals surface area contributed by atoms with Crippen molar-refractivity contribution in [2.75, 3.05) is 0 Å². The molecule has 1 aromatic heterocycles. The van der Waals surface area contributed by atoms with Crippen molar-refractivity contribution in [1.29, 1.82) is 0 Å². The Hall–Kier alpha value is -0.760. The van der Waals surface area contributed by atoms with E-state index in [1.54, 1.807) is 0 Å². The van der Waals surface area contributed by atoms with Crippen molar-refractivity contribution in [2.24, 2.45) is 5.92 Å². The number of aliphatic hydroxyl groups is 1. The molecule has 98 valence electrons. The highest BCUT2D eigenvalue weighted by molar-refractivity contribution is 5.31. The van der Waals surface area contributed by atoms with Gasteiger partial charge >= 0.3 is 0 Å². The van der Waals surface area contributed by atoms with Gasteiger partial charge < -0.3 is 9.52 Å². The highest BCUT2D eigenvalue weighted by Crippen LogP contribution is 2.40. The molecule has 1 aromatic rings. The van der Waals surface area contributed by atoms with Crippen LogP contribution >= 0.6 is 0 Å². The summed E-state index contributed by atoms with van der Waals surface area (Å²) in [5.41, 5.74) is 0.299. The zero-order valence-electron chi connectivity index (χ0n) is 12.0. The van der Waals surface area contributed by atoms with Gasteiger partial charge in [-0.25, -0.2) is 0 Å². The van der Waals surface area contributed by atoms with Crippen molar-refractivity contribution in [2.45, 2.75) is 65.9 Å². The lowest BCUT2D eigenvalue weighted by atomic mass is 9.79. The third kappa shape index (κ3) is 2.92. The SMILES string of the molecule is CC.CC1Cc2oc(C(C)C)cc2C(C)(O)C1. The minimum Gasteiger partial charge on any atom is -0.465 e. The van der Waals surface area contributed by atoms with E-state index in [0.717, 1.165) is 29.9 Å². The van der Waals surface area contributed by atoms with Crippen LogP contribution in [0, 0.1) is 5.92 Å². The average molecular weight is 238 g/mol. The Kier molecular flexibility index (Phi) is 4.42. The predicted molar refractivity (Wildman–Crippen MR) is 71.2 cm³/mol. The van der Waals surface area contributed by atoms with Crippen molar-refractivity contribution in [3.8, 4) is 0 Å². The second-order valence-corrected chi connectivity index (χ2v) is 5.43. The van der Waals surface area contributed by atoms with E-state index in [4.69, 9.17) is 4.42 Å². The first kappa shape index (κ1) is 14.3. The number of hydrogen-bond acceptors (Lipinski definition) is 2. The third-order valence-corrected chi connectivity index (χ3v) is 3.26. The first-order valence-corrected chi connectivity index (χ1v) is 6.75. The standard InChI is InChI=1S/C13H20O2.C2H6/c1-8(2)11-6-10-12(15-11)5-9(3)7-13(10,4)14;1-2/h6,8-9,14H,5,7H2,1-4H3;1-2H3. The molecule has 1 aliphatic rings. The van der Waals surface area contributed by atoms with Crippen LogP contribution in [0.3, 0.4) is 0 Å². The van der Waals surface area contributed by atoms with Crippen LogP contribution < -0.4 is 0 Å². The third-order valence-electron chi connectivity index (χ3n) is 3.26. The maximum atomic E-state index is 10.3. The molecule has 2 rings (SSSR count). The summed E-state index contributed by atoms with van der Waals surface area (Å²) in [7, 11) is 0. The molecule has 2 atom stereocenters. The summed E-state index contributed by atoms with van der Waals surface area (Å²) in [5.74, 6) is 2.87. The van der Waals surface area contributed by atoms with Crippen LogP contribution in [0.5, 0.6) is 0 Å². The van der Waals surface area contributed by atoms with Gasteiger partial charge in [0.1, 0.15) is 11.5 Å². The van der Waals surface area contributed by atoms with Crippen LogP contribution in [-0.4, -0.2) is 5.11 Å². The smallest absolute Gasteiger partial charge is 0.110 e. The number of furan rings is 1. The number of hydrogen-bond donors (Lipinski definition) is 1. The summed E-state index contributed by atoms with van der Waals surface area (Å²) in [5, 5.41) is 10.3. The summed E-state index contributed by atoms with van der Waals surface area (Å²) in [6.45, 7) is 12.3. The van der Waals surface area contributed by atoms with E-state index < -0.39 is 5.60 Å². The Morgan fingerprint density at radius 3 is 2.53 bits per heavy atom. The molecule has 1 N–H and O–H groups in total. The van der Waals surface area contributed by atoms with E-state index in [2.05, 4.69) is 20.8 Å². The topological polar surface area (TPSA) is 33.4 Å². The molecule has 2 unspecified atom stereocenters. The van der Waals surface area contributed by atoms with Gasteiger partial charge in [0.25, 0.3) is 0 Å². The zero-order valence-corrected chi connectivity index (χ0v) is 12.0. The summed E-state index contributed by atoms with van der Waals surface area (Å²) >= 11 is 0. The van der Waals surface area contributed by atoms with Crippen LogP contribution in [0.25, 0.3) is 0 Å². The van der Waals surface area contributed by atoms with E-state index in [-0.39, 0.29) is 0 Å². The van der Waals surface area contributed by atoms with E-state index in [1.807, 2.05) is 26.8 Å². The van der Waals surface area contributed by atoms with Gasteiger partial charge in [0.05, 0.1) is 5.60 Å². The first-order chi connectivity index (χ1) is 7.90. The quantitative estimate of drug-likeness (QED) is 0.794. The Morgan fingerprint density at radius 1 is 1.41 bits per heavy atom. The fraction of sp³-hybridized carbons (Fsp3) is 0.733. The van der Waals surface area contributed by atoms with Gasteiger partial charge in [-0.05, 0) is 25.3 Å². The summed E-state index contributed by atoms with van der Waals surface area (Å²) in [6, 6.07) is 2.03. The number of rotatable bonds is 1. The van der Waals surface area contributed by atoms with Gasteiger partial charge in [-0.1, -0.05) is 34.6 Å².